The zero-order valence-electron chi connectivity index (χ0n) is 10.5. The fourth-order valence-corrected chi connectivity index (χ4v) is 1.81. The van der Waals surface area contributed by atoms with Crippen LogP contribution >= 0.6 is 0 Å². The first-order valence-electron chi connectivity index (χ1n) is 5.75. The van der Waals surface area contributed by atoms with Gasteiger partial charge in [-0.3, -0.25) is 4.79 Å². The average molecular weight is 220 g/mol. The molecule has 88 valence electrons. The quantitative estimate of drug-likeness (QED) is 0.712. The molecule has 0 saturated heterocycles. The largest absolute Gasteiger partial charge is 0.373 e. The maximum absolute atomic E-state index is 12.2. The molecule has 0 N–H and O–H groups in total. The van der Waals surface area contributed by atoms with Crippen LogP contribution in [0.15, 0.2) is 18.2 Å². The number of methoxy groups -OCH3 is 1. The Hall–Kier alpha value is -1.15. The molecule has 1 unspecified atom stereocenters. The summed E-state index contributed by atoms with van der Waals surface area (Å²) in [6.45, 7) is 6.07. The van der Waals surface area contributed by atoms with Gasteiger partial charge in [0.1, 0.15) is 6.10 Å². The molecule has 0 aliphatic rings. The third-order valence-electron chi connectivity index (χ3n) is 3.00. The SMILES string of the molecule is CCCC(OC)C(=O)c1cccc(C)c1C. The average Bonchev–Trinajstić information content (AvgIpc) is 2.29. The van der Waals surface area contributed by atoms with E-state index in [1.54, 1.807) is 7.11 Å². The maximum atomic E-state index is 12.2. The van der Waals surface area contributed by atoms with E-state index in [-0.39, 0.29) is 11.9 Å². The smallest absolute Gasteiger partial charge is 0.191 e. The zero-order valence-corrected chi connectivity index (χ0v) is 10.5. The van der Waals surface area contributed by atoms with Gasteiger partial charge in [-0.25, -0.2) is 0 Å². The molecule has 0 radical (unpaired) electrons. The maximum Gasteiger partial charge on any atom is 0.191 e. The zero-order chi connectivity index (χ0) is 12.1. The Morgan fingerprint density at radius 2 is 2.06 bits per heavy atom. The van der Waals surface area contributed by atoms with E-state index in [0.717, 1.165) is 29.5 Å². The van der Waals surface area contributed by atoms with Crippen LogP contribution in [-0.4, -0.2) is 19.0 Å². The molecule has 0 saturated carbocycles. The van der Waals surface area contributed by atoms with Crippen LogP contribution in [-0.2, 0) is 4.74 Å². The molecule has 0 amide bonds. The molecule has 1 atom stereocenters. The molecule has 1 aromatic carbocycles. The van der Waals surface area contributed by atoms with E-state index < -0.39 is 0 Å². The topological polar surface area (TPSA) is 26.3 Å². The minimum Gasteiger partial charge on any atom is -0.373 e. The van der Waals surface area contributed by atoms with Crippen molar-refractivity contribution in [1.29, 1.82) is 0 Å². The van der Waals surface area contributed by atoms with Crippen molar-refractivity contribution in [1.82, 2.24) is 0 Å². The van der Waals surface area contributed by atoms with Crippen molar-refractivity contribution in [3.8, 4) is 0 Å². The minimum atomic E-state index is -0.300. The number of hydrogen-bond donors (Lipinski definition) is 0. The normalized spacial score (nSPS) is 12.5. The highest BCUT2D eigenvalue weighted by Crippen LogP contribution is 2.17. The van der Waals surface area contributed by atoms with Crippen LogP contribution in [0.25, 0.3) is 0 Å². The predicted octanol–water partition coefficient (Wildman–Crippen LogP) is 3.30. The molecule has 1 aromatic rings. The van der Waals surface area contributed by atoms with Crippen LogP contribution in [0.4, 0.5) is 0 Å². The first kappa shape index (κ1) is 12.9. The van der Waals surface area contributed by atoms with Crippen molar-refractivity contribution >= 4 is 5.78 Å². The number of ketones is 1. The molecule has 1 rings (SSSR count). The number of ether oxygens (including phenoxy) is 1. The van der Waals surface area contributed by atoms with Gasteiger partial charge in [-0.05, 0) is 31.4 Å². The molecule has 2 nitrogen and oxygen atoms in total. The summed E-state index contributed by atoms with van der Waals surface area (Å²) in [5.74, 6) is 0.102. The Kier molecular flexibility index (Phi) is 4.69. The summed E-state index contributed by atoms with van der Waals surface area (Å²) in [5, 5.41) is 0. The highest BCUT2D eigenvalue weighted by molar-refractivity contribution is 6.00. The molecule has 0 aliphatic carbocycles. The first-order valence-corrected chi connectivity index (χ1v) is 5.75. The fraction of sp³-hybridized carbons (Fsp3) is 0.500. The van der Waals surface area contributed by atoms with Crippen LogP contribution in [0.2, 0.25) is 0 Å². The van der Waals surface area contributed by atoms with Crippen LogP contribution < -0.4 is 0 Å². The van der Waals surface area contributed by atoms with E-state index in [2.05, 4.69) is 6.92 Å². The van der Waals surface area contributed by atoms with Crippen LogP contribution in [0.5, 0.6) is 0 Å². The van der Waals surface area contributed by atoms with Crippen molar-refractivity contribution in [2.75, 3.05) is 7.11 Å². The van der Waals surface area contributed by atoms with E-state index in [1.807, 2.05) is 32.0 Å². The van der Waals surface area contributed by atoms with Crippen LogP contribution in [0.1, 0.15) is 41.3 Å². The molecule has 2 heteroatoms. The lowest BCUT2D eigenvalue weighted by molar-refractivity contribution is 0.0578. The van der Waals surface area contributed by atoms with Gasteiger partial charge in [-0.15, -0.1) is 0 Å². The number of carbonyl (C=O) groups excluding carboxylic acids is 1. The van der Waals surface area contributed by atoms with Gasteiger partial charge in [0.05, 0.1) is 0 Å². The molecule has 16 heavy (non-hydrogen) atoms. The summed E-state index contributed by atoms with van der Waals surface area (Å²) in [7, 11) is 1.60. The Morgan fingerprint density at radius 1 is 1.38 bits per heavy atom. The van der Waals surface area contributed by atoms with Gasteiger partial charge >= 0.3 is 0 Å². The number of aryl methyl sites for hydroxylation is 1. The van der Waals surface area contributed by atoms with E-state index in [1.165, 1.54) is 0 Å². The molecular formula is C14H20O2. The highest BCUT2D eigenvalue weighted by atomic mass is 16.5. The monoisotopic (exact) mass is 220 g/mol. The van der Waals surface area contributed by atoms with Gasteiger partial charge in [0, 0.05) is 12.7 Å². The van der Waals surface area contributed by atoms with Crippen molar-refractivity contribution in [3.05, 3.63) is 34.9 Å². The Bertz CT molecular complexity index is 369. The minimum absolute atomic E-state index is 0.102. The molecule has 0 aliphatic heterocycles. The summed E-state index contributed by atoms with van der Waals surface area (Å²) in [6, 6.07) is 5.83. The van der Waals surface area contributed by atoms with Gasteiger partial charge in [-0.2, -0.15) is 0 Å². The standard InChI is InChI=1S/C14H20O2/c1-5-7-13(16-4)14(15)12-9-6-8-10(2)11(12)3/h6,8-9,13H,5,7H2,1-4H3. The molecule has 0 aromatic heterocycles. The highest BCUT2D eigenvalue weighted by Gasteiger charge is 2.20. The lowest BCUT2D eigenvalue weighted by atomic mass is 9.96. The van der Waals surface area contributed by atoms with E-state index >= 15 is 0 Å². The number of Topliss-reactive ketones (excluding diaryl/α,β-unsaturated/α-hetero) is 1. The molecule has 0 fully saturated rings. The summed E-state index contributed by atoms with van der Waals surface area (Å²) >= 11 is 0. The summed E-state index contributed by atoms with van der Waals surface area (Å²) in [5.41, 5.74) is 3.00. The number of rotatable bonds is 5. The van der Waals surface area contributed by atoms with Gasteiger partial charge in [0.25, 0.3) is 0 Å². The van der Waals surface area contributed by atoms with Gasteiger partial charge in [0.15, 0.2) is 5.78 Å². The first-order chi connectivity index (χ1) is 7.61. The van der Waals surface area contributed by atoms with E-state index in [0.29, 0.717) is 0 Å². The third-order valence-corrected chi connectivity index (χ3v) is 3.00. The second-order valence-electron chi connectivity index (χ2n) is 4.12. The predicted molar refractivity (Wildman–Crippen MR) is 66.0 cm³/mol. The lowest BCUT2D eigenvalue weighted by Crippen LogP contribution is -2.23. The Balaban J connectivity index is 2.99. The number of benzene rings is 1. The van der Waals surface area contributed by atoms with Gasteiger partial charge < -0.3 is 4.74 Å². The number of hydrogen-bond acceptors (Lipinski definition) is 2. The van der Waals surface area contributed by atoms with Gasteiger partial charge in [-0.1, -0.05) is 31.5 Å². The molecule has 0 spiro atoms. The summed E-state index contributed by atoms with van der Waals surface area (Å²) < 4.78 is 5.25. The fourth-order valence-electron chi connectivity index (χ4n) is 1.81. The Labute approximate surface area is 97.6 Å². The third kappa shape index (κ3) is 2.70. The molecule has 0 heterocycles. The van der Waals surface area contributed by atoms with Crippen molar-refractivity contribution in [3.63, 3.8) is 0 Å². The second kappa shape index (κ2) is 5.80. The van der Waals surface area contributed by atoms with Crippen molar-refractivity contribution < 1.29 is 9.53 Å². The number of carbonyl (C=O) groups is 1. The lowest BCUT2D eigenvalue weighted by Gasteiger charge is -2.15. The van der Waals surface area contributed by atoms with Crippen molar-refractivity contribution in [2.24, 2.45) is 0 Å². The molecular weight excluding hydrogens is 200 g/mol. The summed E-state index contributed by atoms with van der Waals surface area (Å²) in [6.07, 6.45) is 1.43. The van der Waals surface area contributed by atoms with E-state index in [9.17, 15) is 4.79 Å². The van der Waals surface area contributed by atoms with E-state index in [4.69, 9.17) is 4.74 Å². The molecule has 0 bridgehead atoms. The van der Waals surface area contributed by atoms with Gasteiger partial charge in [0.2, 0.25) is 0 Å². The summed E-state index contributed by atoms with van der Waals surface area (Å²) in [4.78, 5) is 12.2. The second-order valence-corrected chi connectivity index (χ2v) is 4.12. The Morgan fingerprint density at radius 3 is 2.62 bits per heavy atom. The van der Waals surface area contributed by atoms with Crippen LogP contribution in [0.3, 0.4) is 0 Å². The van der Waals surface area contributed by atoms with Crippen LogP contribution in [0, 0.1) is 13.8 Å². The van der Waals surface area contributed by atoms with Crippen molar-refractivity contribution in [2.45, 2.75) is 39.7 Å².